The predicted molar refractivity (Wildman–Crippen MR) is 75.4 cm³/mol. The quantitative estimate of drug-likeness (QED) is 0.879. The lowest BCUT2D eigenvalue weighted by molar-refractivity contribution is 0.0224. The van der Waals surface area contributed by atoms with Gasteiger partial charge in [0.05, 0.1) is 11.0 Å². The van der Waals surface area contributed by atoms with Crippen LogP contribution in [0, 0.1) is 0 Å². The minimum Gasteiger partial charge on any atom is -0.284 e. The van der Waals surface area contributed by atoms with E-state index in [0.29, 0.717) is 5.39 Å². The molecule has 106 valence electrons. The third kappa shape index (κ3) is 2.67. The third-order valence-electron chi connectivity index (χ3n) is 3.56. The number of nitrogens with one attached hydrogen (secondary N) is 1. The first kappa shape index (κ1) is 13.5. The Morgan fingerprint density at radius 2 is 2.00 bits per heavy atom. The van der Waals surface area contributed by atoms with Gasteiger partial charge in [-0.15, -0.1) is 0 Å². The molecule has 1 saturated carbocycles. The summed E-state index contributed by atoms with van der Waals surface area (Å²) in [5.74, 6) is 0. The van der Waals surface area contributed by atoms with Gasteiger partial charge in [0.15, 0.2) is 0 Å². The Kier molecular flexibility index (Phi) is 3.69. The molecule has 5 nitrogen and oxygen atoms in total. The number of hydrogen-bond donors (Lipinski definition) is 1. The largest absolute Gasteiger partial charge is 0.284 e. The number of rotatable bonds is 4. The summed E-state index contributed by atoms with van der Waals surface area (Å²) in [5, 5.41) is 1.43. The second kappa shape index (κ2) is 5.47. The molecule has 0 radical (unpaired) electrons. The van der Waals surface area contributed by atoms with Gasteiger partial charge in [0.2, 0.25) is 0 Å². The molecule has 1 aliphatic rings. The molecule has 1 heterocycles. The SMILES string of the molecule is O=S(=O)(NOC1CCCC1)c1cccc2cnccc12. The van der Waals surface area contributed by atoms with Crippen molar-refractivity contribution in [3.63, 3.8) is 0 Å². The Morgan fingerprint density at radius 3 is 2.80 bits per heavy atom. The number of pyridine rings is 1. The molecule has 2 aromatic rings. The molecular formula is C14H16N2O3S. The first-order valence-electron chi connectivity index (χ1n) is 6.67. The molecule has 0 bridgehead atoms. The highest BCUT2D eigenvalue weighted by Crippen LogP contribution is 2.23. The number of benzene rings is 1. The Morgan fingerprint density at radius 1 is 1.20 bits per heavy atom. The van der Waals surface area contributed by atoms with Gasteiger partial charge in [-0.3, -0.25) is 9.82 Å². The lowest BCUT2D eigenvalue weighted by atomic mass is 10.2. The molecule has 1 aromatic heterocycles. The summed E-state index contributed by atoms with van der Waals surface area (Å²) < 4.78 is 24.7. The molecule has 0 aliphatic heterocycles. The molecule has 6 heteroatoms. The summed E-state index contributed by atoms with van der Waals surface area (Å²) in [4.78, 5) is 11.8. The topological polar surface area (TPSA) is 68.3 Å². The molecule has 3 rings (SSSR count). The van der Waals surface area contributed by atoms with E-state index in [2.05, 4.69) is 9.87 Å². The average molecular weight is 292 g/mol. The highest BCUT2D eigenvalue weighted by Gasteiger charge is 2.22. The minimum atomic E-state index is -3.67. The van der Waals surface area contributed by atoms with Gasteiger partial charge in [-0.1, -0.05) is 29.9 Å². The molecule has 0 saturated heterocycles. The van der Waals surface area contributed by atoms with Crippen LogP contribution in [0.2, 0.25) is 0 Å². The van der Waals surface area contributed by atoms with Crippen molar-refractivity contribution in [2.75, 3.05) is 0 Å². The summed E-state index contributed by atoms with van der Waals surface area (Å²) in [6.07, 6.45) is 7.20. The second-order valence-electron chi connectivity index (χ2n) is 4.96. The Balaban J connectivity index is 1.88. The molecule has 1 fully saturated rings. The van der Waals surface area contributed by atoms with Gasteiger partial charge in [0.1, 0.15) is 0 Å². The standard InChI is InChI=1S/C14H16N2O3S/c17-20(18,16-19-12-5-1-2-6-12)14-7-3-4-11-10-15-9-8-13(11)14/h3-4,7-10,12,16H,1-2,5-6H2. The fraction of sp³-hybridized carbons (Fsp3) is 0.357. The lowest BCUT2D eigenvalue weighted by Crippen LogP contribution is -2.28. The monoisotopic (exact) mass is 292 g/mol. The molecule has 0 amide bonds. The summed E-state index contributed by atoms with van der Waals surface area (Å²) >= 11 is 0. The first-order chi connectivity index (χ1) is 9.67. The second-order valence-corrected chi connectivity index (χ2v) is 6.58. The van der Waals surface area contributed by atoms with E-state index < -0.39 is 10.0 Å². The van der Waals surface area contributed by atoms with E-state index in [-0.39, 0.29) is 11.0 Å². The lowest BCUT2D eigenvalue weighted by Gasteiger charge is -2.13. The van der Waals surface area contributed by atoms with E-state index in [0.717, 1.165) is 31.1 Å². The van der Waals surface area contributed by atoms with Gasteiger partial charge in [0, 0.05) is 23.2 Å². The van der Waals surface area contributed by atoms with Gasteiger partial charge in [0.25, 0.3) is 10.0 Å². The van der Waals surface area contributed by atoms with Gasteiger partial charge in [-0.25, -0.2) is 8.42 Å². The van der Waals surface area contributed by atoms with Crippen molar-refractivity contribution in [2.45, 2.75) is 36.7 Å². The van der Waals surface area contributed by atoms with Gasteiger partial charge in [-0.05, 0) is 25.0 Å². The maximum atomic E-state index is 12.3. The number of hydrogen-bond acceptors (Lipinski definition) is 4. The average Bonchev–Trinajstić information content (AvgIpc) is 2.98. The van der Waals surface area contributed by atoms with Crippen LogP contribution < -0.4 is 4.89 Å². The van der Waals surface area contributed by atoms with E-state index in [1.165, 1.54) is 0 Å². The third-order valence-corrected chi connectivity index (χ3v) is 4.81. The van der Waals surface area contributed by atoms with Crippen LogP contribution in [0.15, 0.2) is 41.6 Å². The van der Waals surface area contributed by atoms with E-state index >= 15 is 0 Å². The fourth-order valence-electron chi connectivity index (χ4n) is 2.51. The zero-order valence-electron chi connectivity index (χ0n) is 11.0. The highest BCUT2D eigenvalue weighted by atomic mass is 32.2. The van der Waals surface area contributed by atoms with Crippen molar-refractivity contribution in [1.29, 1.82) is 0 Å². The normalized spacial score (nSPS) is 16.8. The number of aromatic nitrogens is 1. The van der Waals surface area contributed by atoms with Crippen LogP contribution in [0.5, 0.6) is 0 Å². The number of nitrogens with zero attached hydrogens (tertiary/aromatic N) is 1. The van der Waals surface area contributed by atoms with Crippen molar-refractivity contribution in [1.82, 2.24) is 9.87 Å². The number of sulfonamides is 1. The van der Waals surface area contributed by atoms with Gasteiger partial charge in [-0.2, -0.15) is 0 Å². The van der Waals surface area contributed by atoms with Crippen molar-refractivity contribution >= 4 is 20.8 Å². The zero-order valence-corrected chi connectivity index (χ0v) is 11.8. The molecule has 0 atom stereocenters. The first-order valence-corrected chi connectivity index (χ1v) is 8.15. The summed E-state index contributed by atoms with van der Waals surface area (Å²) in [6, 6.07) is 6.80. The molecule has 1 N–H and O–H groups in total. The summed E-state index contributed by atoms with van der Waals surface area (Å²) in [6.45, 7) is 0. The minimum absolute atomic E-state index is 0.0126. The number of fused-ring (bicyclic) bond motifs is 1. The van der Waals surface area contributed by atoms with Crippen LogP contribution in [-0.4, -0.2) is 19.5 Å². The van der Waals surface area contributed by atoms with Crippen LogP contribution in [0.1, 0.15) is 25.7 Å². The molecule has 0 unspecified atom stereocenters. The molecular weight excluding hydrogens is 276 g/mol. The maximum Gasteiger partial charge on any atom is 0.263 e. The van der Waals surface area contributed by atoms with Gasteiger partial charge >= 0.3 is 0 Å². The van der Waals surface area contributed by atoms with E-state index in [9.17, 15) is 8.42 Å². The summed E-state index contributed by atoms with van der Waals surface area (Å²) in [5.41, 5.74) is 0. The molecule has 0 spiro atoms. The zero-order chi connectivity index (χ0) is 14.0. The van der Waals surface area contributed by atoms with Gasteiger partial charge < -0.3 is 0 Å². The van der Waals surface area contributed by atoms with E-state index in [4.69, 9.17) is 4.84 Å². The Labute approximate surface area is 118 Å². The maximum absolute atomic E-state index is 12.3. The van der Waals surface area contributed by atoms with Crippen LogP contribution in [0.3, 0.4) is 0 Å². The van der Waals surface area contributed by atoms with Crippen LogP contribution in [0.4, 0.5) is 0 Å². The summed E-state index contributed by atoms with van der Waals surface area (Å²) in [7, 11) is -3.67. The Bertz CT molecular complexity index is 704. The van der Waals surface area contributed by atoms with Crippen LogP contribution in [-0.2, 0) is 14.9 Å². The van der Waals surface area contributed by atoms with Crippen molar-refractivity contribution < 1.29 is 13.3 Å². The molecule has 1 aliphatic carbocycles. The van der Waals surface area contributed by atoms with Crippen LogP contribution >= 0.6 is 0 Å². The molecule has 1 aromatic carbocycles. The smallest absolute Gasteiger partial charge is 0.263 e. The van der Waals surface area contributed by atoms with E-state index in [1.54, 1.807) is 30.6 Å². The Hall–Kier alpha value is -1.50. The van der Waals surface area contributed by atoms with Crippen molar-refractivity contribution in [2.24, 2.45) is 0 Å². The van der Waals surface area contributed by atoms with Crippen molar-refractivity contribution in [3.8, 4) is 0 Å². The predicted octanol–water partition coefficient (Wildman–Crippen LogP) is 2.39. The fourth-order valence-corrected chi connectivity index (χ4v) is 3.60. The highest BCUT2D eigenvalue weighted by molar-refractivity contribution is 7.89. The molecule has 20 heavy (non-hydrogen) atoms. The van der Waals surface area contributed by atoms with Crippen molar-refractivity contribution in [3.05, 3.63) is 36.7 Å². The van der Waals surface area contributed by atoms with E-state index in [1.807, 2.05) is 6.07 Å². The van der Waals surface area contributed by atoms with Crippen LogP contribution in [0.25, 0.3) is 10.8 Å².